The molecular weight excluding hydrogens is 405 g/mol. The van der Waals surface area contributed by atoms with E-state index >= 15 is 0 Å². The van der Waals surface area contributed by atoms with Gasteiger partial charge in [0.1, 0.15) is 5.82 Å². The predicted molar refractivity (Wildman–Crippen MR) is 114 cm³/mol. The fourth-order valence-corrected chi connectivity index (χ4v) is 3.68. The zero-order valence-electron chi connectivity index (χ0n) is 16.8. The number of halogens is 3. The van der Waals surface area contributed by atoms with E-state index in [-0.39, 0.29) is 17.5 Å². The minimum absolute atomic E-state index is 0.168. The van der Waals surface area contributed by atoms with Gasteiger partial charge in [-0.2, -0.15) is 4.98 Å². The second-order valence-corrected chi connectivity index (χ2v) is 7.48. The van der Waals surface area contributed by atoms with Crippen molar-refractivity contribution in [1.29, 1.82) is 0 Å². The van der Waals surface area contributed by atoms with Crippen molar-refractivity contribution in [3.63, 3.8) is 0 Å². The molecule has 1 saturated carbocycles. The lowest BCUT2D eigenvalue weighted by molar-refractivity contribution is -0.274. The van der Waals surface area contributed by atoms with Crippen LogP contribution in [0.4, 0.5) is 30.6 Å². The topological polar surface area (TPSA) is 59.1 Å². The number of anilines is 3. The van der Waals surface area contributed by atoms with Gasteiger partial charge >= 0.3 is 6.36 Å². The zero-order chi connectivity index (χ0) is 21.7. The molecule has 1 heterocycles. The number of nitrogens with one attached hydrogen (secondary N) is 2. The highest BCUT2D eigenvalue weighted by Gasteiger charge is 2.32. The first-order valence-electron chi connectivity index (χ1n) is 10.3. The number of alkyl halides is 3. The van der Waals surface area contributed by atoms with E-state index in [9.17, 15) is 13.2 Å². The maximum atomic E-state index is 12.8. The first-order chi connectivity index (χ1) is 15.0. The molecule has 2 N–H and O–H groups in total. The summed E-state index contributed by atoms with van der Waals surface area (Å²) in [6, 6.07) is 17.5. The number of rotatable bonds is 6. The van der Waals surface area contributed by atoms with Gasteiger partial charge in [0.05, 0.1) is 11.4 Å². The van der Waals surface area contributed by atoms with Crippen LogP contribution in [0.3, 0.4) is 0 Å². The molecular formula is C23H23F3N4O. The Balaban J connectivity index is 1.66. The Morgan fingerprint density at radius 1 is 0.871 bits per heavy atom. The molecule has 4 rings (SSSR count). The Bertz CT molecular complexity index is 1010. The van der Waals surface area contributed by atoms with Gasteiger partial charge in [-0.05, 0) is 25.0 Å². The summed E-state index contributed by atoms with van der Waals surface area (Å²) in [5.41, 5.74) is 1.73. The minimum atomic E-state index is -4.79. The summed E-state index contributed by atoms with van der Waals surface area (Å²) in [5.74, 6) is 0.507. The lowest BCUT2D eigenvalue weighted by Gasteiger charge is -2.23. The standard InChI is InChI=1S/C23H23F3N4O/c24-23(25,26)31-20-14-8-7-13-18(20)28-21-15-19(16-9-3-1-4-10-16)29-22(30-21)27-17-11-5-2-6-12-17/h1,3-4,7-10,13-15,17H,2,5-6,11-12H2,(H2,27,28,29,30). The average molecular weight is 428 g/mol. The van der Waals surface area contributed by atoms with E-state index in [1.165, 1.54) is 24.6 Å². The number of nitrogens with zero attached hydrogens (tertiary/aromatic N) is 2. The molecule has 0 atom stereocenters. The van der Waals surface area contributed by atoms with Crippen LogP contribution in [0.2, 0.25) is 0 Å². The summed E-state index contributed by atoms with van der Waals surface area (Å²) in [4.78, 5) is 9.16. The van der Waals surface area contributed by atoms with Crippen molar-refractivity contribution >= 4 is 17.5 Å². The Morgan fingerprint density at radius 2 is 1.58 bits per heavy atom. The molecule has 1 aliphatic carbocycles. The third-order valence-corrected chi connectivity index (χ3v) is 5.11. The molecule has 0 unspecified atom stereocenters. The minimum Gasteiger partial charge on any atom is -0.404 e. The molecule has 0 bridgehead atoms. The van der Waals surface area contributed by atoms with Gasteiger partial charge < -0.3 is 15.4 Å². The van der Waals surface area contributed by atoms with Gasteiger partial charge in [0.2, 0.25) is 5.95 Å². The molecule has 5 nitrogen and oxygen atoms in total. The molecule has 8 heteroatoms. The highest BCUT2D eigenvalue weighted by atomic mass is 19.4. The van der Waals surface area contributed by atoms with Gasteiger partial charge in [-0.1, -0.05) is 61.7 Å². The summed E-state index contributed by atoms with van der Waals surface area (Å²) >= 11 is 0. The summed E-state index contributed by atoms with van der Waals surface area (Å²) in [6.45, 7) is 0. The highest BCUT2D eigenvalue weighted by Crippen LogP contribution is 2.33. The van der Waals surface area contributed by atoms with Crippen molar-refractivity contribution in [3.8, 4) is 17.0 Å². The number of hydrogen-bond donors (Lipinski definition) is 2. The van der Waals surface area contributed by atoms with Crippen LogP contribution in [0.5, 0.6) is 5.75 Å². The van der Waals surface area contributed by atoms with Crippen molar-refractivity contribution in [3.05, 3.63) is 60.7 Å². The smallest absolute Gasteiger partial charge is 0.404 e. The number of para-hydroxylation sites is 2. The average Bonchev–Trinajstić information content (AvgIpc) is 2.75. The van der Waals surface area contributed by atoms with Gasteiger partial charge in [-0.15, -0.1) is 13.2 Å². The Morgan fingerprint density at radius 3 is 2.32 bits per heavy atom. The van der Waals surface area contributed by atoms with Crippen LogP contribution in [-0.4, -0.2) is 22.4 Å². The first-order valence-corrected chi connectivity index (χ1v) is 10.3. The van der Waals surface area contributed by atoms with Crippen molar-refractivity contribution in [2.24, 2.45) is 0 Å². The van der Waals surface area contributed by atoms with E-state index in [0.717, 1.165) is 31.2 Å². The fourth-order valence-electron chi connectivity index (χ4n) is 3.68. The highest BCUT2D eigenvalue weighted by molar-refractivity contribution is 5.70. The molecule has 1 aromatic heterocycles. The number of aromatic nitrogens is 2. The van der Waals surface area contributed by atoms with E-state index in [1.54, 1.807) is 12.1 Å². The maximum Gasteiger partial charge on any atom is 0.573 e. The van der Waals surface area contributed by atoms with Gasteiger partial charge in [-0.3, -0.25) is 0 Å². The van der Waals surface area contributed by atoms with Crippen LogP contribution in [-0.2, 0) is 0 Å². The van der Waals surface area contributed by atoms with Crippen LogP contribution < -0.4 is 15.4 Å². The second-order valence-electron chi connectivity index (χ2n) is 7.48. The largest absolute Gasteiger partial charge is 0.573 e. The Hall–Kier alpha value is -3.29. The molecule has 0 amide bonds. The van der Waals surface area contributed by atoms with Crippen LogP contribution >= 0.6 is 0 Å². The molecule has 162 valence electrons. The summed E-state index contributed by atoms with van der Waals surface area (Å²) in [7, 11) is 0. The van der Waals surface area contributed by atoms with E-state index in [0.29, 0.717) is 17.5 Å². The molecule has 31 heavy (non-hydrogen) atoms. The third-order valence-electron chi connectivity index (χ3n) is 5.11. The molecule has 1 aliphatic rings. The second kappa shape index (κ2) is 9.24. The lowest BCUT2D eigenvalue weighted by Crippen LogP contribution is -2.23. The van der Waals surface area contributed by atoms with Crippen molar-refractivity contribution in [1.82, 2.24) is 9.97 Å². The number of benzene rings is 2. The molecule has 1 fully saturated rings. The zero-order valence-corrected chi connectivity index (χ0v) is 16.8. The van der Waals surface area contributed by atoms with Crippen molar-refractivity contribution in [2.75, 3.05) is 10.6 Å². The monoisotopic (exact) mass is 428 g/mol. The molecule has 0 aliphatic heterocycles. The summed E-state index contributed by atoms with van der Waals surface area (Å²) in [5, 5.41) is 6.36. The molecule has 3 aromatic rings. The third kappa shape index (κ3) is 5.87. The molecule has 0 radical (unpaired) electrons. The van der Waals surface area contributed by atoms with Crippen LogP contribution in [0.15, 0.2) is 60.7 Å². The van der Waals surface area contributed by atoms with Crippen molar-refractivity contribution in [2.45, 2.75) is 44.5 Å². The van der Waals surface area contributed by atoms with Crippen LogP contribution in [0, 0.1) is 0 Å². The van der Waals surface area contributed by atoms with E-state index in [4.69, 9.17) is 0 Å². The maximum absolute atomic E-state index is 12.8. The van der Waals surface area contributed by atoms with E-state index in [2.05, 4.69) is 25.3 Å². The van der Waals surface area contributed by atoms with Crippen LogP contribution in [0.25, 0.3) is 11.3 Å². The normalized spacial score (nSPS) is 14.8. The van der Waals surface area contributed by atoms with Gasteiger partial charge in [0.25, 0.3) is 0 Å². The molecule has 0 saturated heterocycles. The Kier molecular flexibility index (Phi) is 6.25. The molecule has 0 spiro atoms. The summed E-state index contributed by atoms with van der Waals surface area (Å²) in [6.07, 6.45) is 0.846. The summed E-state index contributed by atoms with van der Waals surface area (Å²) < 4.78 is 42.5. The fraction of sp³-hybridized carbons (Fsp3) is 0.304. The van der Waals surface area contributed by atoms with E-state index < -0.39 is 6.36 Å². The van der Waals surface area contributed by atoms with Gasteiger partial charge in [-0.25, -0.2) is 4.98 Å². The first kappa shape index (κ1) is 21.0. The quantitative estimate of drug-likeness (QED) is 0.467. The SMILES string of the molecule is FC(F)(F)Oc1ccccc1Nc1cc(-c2ccccc2)nc(NC2CCCCC2)n1. The molecule has 2 aromatic carbocycles. The van der Waals surface area contributed by atoms with Crippen molar-refractivity contribution < 1.29 is 17.9 Å². The number of ether oxygens (including phenoxy) is 1. The van der Waals surface area contributed by atoms with Gasteiger partial charge in [0, 0.05) is 17.7 Å². The lowest BCUT2D eigenvalue weighted by atomic mass is 9.96. The number of hydrogen-bond acceptors (Lipinski definition) is 5. The predicted octanol–water partition coefficient (Wildman–Crippen LogP) is 6.53. The van der Waals surface area contributed by atoms with E-state index in [1.807, 2.05) is 30.3 Å². The Labute approximate surface area is 178 Å². The van der Waals surface area contributed by atoms with Crippen LogP contribution in [0.1, 0.15) is 32.1 Å². The van der Waals surface area contributed by atoms with Gasteiger partial charge in [0.15, 0.2) is 5.75 Å².